The van der Waals surface area contributed by atoms with Gasteiger partial charge in [-0.15, -0.1) is 11.6 Å². The average molecular weight is 799 g/mol. The Morgan fingerprint density at radius 3 is 2.16 bits per heavy atom. The Morgan fingerprint density at radius 2 is 1.50 bits per heavy atom. The van der Waals surface area contributed by atoms with Gasteiger partial charge in [0.1, 0.15) is 34.9 Å². The molecule has 13 nitrogen and oxygen atoms in total. The highest BCUT2D eigenvalue weighted by Crippen LogP contribution is 2.46. The lowest BCUT2D eigenvalue weighted by Gasteiger charge is -2.25. The van der Waals surface area contributed by atoms with E-state index in [9.17, 15) is 19.2 Å². The van der Waals surface area contributed by atoms with Crippen LogP contribution in [0.25, 0.3) is 32.7 Å². The van der Waals surface area contributed by atoms with Gasteiger partial charge in [0.2, 0.25) is 0 Å². The Bertz CT molecular complexity index is 2750. The Labute approximate surface area is 337 Å². The van der Waals surface area contributed by atoms with Gasteiger partial charge in [0.15, 0.2) is 0 Å². The van der Waals surface area contributed by atoms with Crippen LogP contribution in [0.3, 0.4) is 0 Å². The van der Waals surface area contributed by atoms with E-state index in [-0.39, 0.29) is 36.4 Å². The Balaban J connectivity index is 1.06. The molecule has 58 heavy (non-hydrogen) atoms. The molecule has 1 aliphatic heterocycles. The molecule has 0 bridgehead atoms. The number of pyridine rings is 1. The highest BCUT2D eigenvalue weighted by molar-refractivity contribution is 6.19. The number of nitrogens with zero attached hydrogens (tertiary/aromatic N) is 2. The molecule has 14 heteroatoms. The van der Waals surface area contributed by atoms with Crippen LogP contribution in [0.5, 0.6) is 5.75 Å². The van der Waals surface area contributed by atoms with E-state index in [1.54, 1.807) is 65.6 Å². The second-order valence-corrected chi connectivity index (χ2v) is 15.3. The van der Waals surface area contributed by atoms with Crippen LogP contribution in [0.2, 0.25) is 0 Å². The number of H-pyrrole nitrogens is 2. The van der Waals surface area contributed by atoms with Crippen LogP contribution in [-0.4, -0.2) is 64.0 Å². The molecule has 0 saturated heterocycles. The van der Waals surface area contributed by atoms with Gasteiger partial charge in [-0.25, -0.2) is 9.59 Å². The van der Waals surface area contributed by atoms with Crippen molar-refractivity contribution in [3.8, 4) is 5.75 Å². The SMILES string of the molecule is COC(=O)c1cc2cc(NC(=O)c3cc4cc(NC(=O)c5cnc6c(OCc7ccccc7)cc7c(c6c5)[C@H](CCl)CN7C(=O)OC(C)(C)C)ccc4[nH]3)ccc2[nH]1. The first kappa shape index (κ1) is 38.0. The molecule has 7 aromatic rings. The molecule has 294 valence electrons. The standard InChI is InChI=1S/C44H39ClN6O7/c1-44(2,3)58-43(55)51-22-28(20-45)38-31-16-27(21-46-39(31)37(19-36(38)51)57-23-24-8-6-5-7-9-24)40(52)47-29-10-12-32-25(14-29)17-34(49-32)41(53)48-30-11-13-33-26(15-30)18-35(50-33)42(54)56-4/h5-19,21,28,49-50H,20,22-23H2,1-4H3,(H,47,52)(H,48,53)/t28-/m1/s1. The topological polar surface area (TPSA) is 168 Å². The van der Waals surface area contributed by atoms with Crippen molar-refractivity contribution in [2.45, 2.75) is 38.9 Å². The van der Waals surface area contributed by atoms with Gasteiger partial charge in [-0.3, -0.25) is 19.5 Å². The Kier molecular flexibility index (Phi) is 9.99. The van der Waals surface area contributed by atoms with E-state index in [0.29, 0.717) is 56.0 Å². The number of carbonyl (C=O) groups excluding carboxylic acids is 4. The molecule has 3 aromatic heterocycles. The average Bonchev–Trinajstić information content (AvgIpc) is 3.94. The second kappa shape index (κ2) is 15.2. The van der Waals surface area contributed by atoms with Crippen LogP contribution in [-0.2, 0) is 16.1 Å². The highest BCUT2D eigenvalue weighted by Gasteiger charge is 2.37. The highest BCUT2D eigenvalue weighted by atomic mass is 35.5. The molecule has 1 aliphatic rings. The van der Waals surface area contributed by atoms with Gasteiger partial charge >= 0.3 is 12.1 Å². The summed E-state index contributed by atoms with van der Waals surface area (Å²) in [5.41, 5.74) is 5.51. The number of nitrogens with one attached hydrogen (secondary N) is 4. The van der Waals surface area contributed by atoms with Gasteiger partial charge in [-0.05, 0) is 86.5 Å². The summed E-state index contributed by atoms with van der Waals surface area (Å²) in [5, 5.41) is 7.93. The minimum atomic E-state index is -0.720. The van der Waals surface area contributed by atoms with Gasteiger partial charge in [-0.2, -0.15) is 0 Å². The van der Waals surface area contributed by atoms with E-state index in [4.69, 9.17) is 30.8 Å². The molecule has 0 saturated carbocycles. The summed E-state index contributed by atoms with van der Waals surface area (Å²) in [7, 11) is 1.31. The fourth-order valence-corrected chi connectivity index (χ4v) is 7.34. The number of alkyl halides is 1. The molecular formula is C44H39ClN6O7. The fourth-order valence-electron chi connectivity index (χ4n) is 7.09. The first-order valence-electron chi connectivity index (χ1n) is 18.5. The van der Waals surface area contributed by atoms with Crippen molar-refractivity contribution in [2.24, 2.45) is 0 Å². The number of carbonyl (C=O) groups is 4. The third-order valence-corrected chi connectivity index (χ3v) is 10.1. The Morgan fingerprint density at radius 1 is 0.845 bits per heavy atom. The summed E-state index contributed by atoms with van der Waals surface area (Å²) in [6.45, 7) is 5.99. The number of amides is 3. The third kappa shape index (κ3) is 7.63. The van der Waals surface area contributed by atoms with Crippen LogP contribution < -0.4 is 20.3 Å². The van der Waals surface area contributed by atoms with Crippen LogP contribution in [0.1, 0.15) is 69.2 Å². The van der Waals surface area contributed by atoms with Crippen molar-refractivity contribution in [2.75, 3.05) is 35.1 Å². The summed E-state index contributed by atoms with van der Waals surface area (Å²) >= 11 is 6.52. The van der Waals surface area contributed by atoms with Gasteiger partial charge < -0.3 is 34.8 Å². The molecule has 1 atom stereocenters. The van der Waals surface area contributed by atoms with Crippen molar-refractivity contribution in [1.29, 1.82) is 0 Å². The summed E-state index contributed by atoms with van der Waals surface area (Å²) in [6, 6.07) is 27.2. The maximum atomic E-state index is 13.8. The zero-order valence-electron chi connectivity index (χ0n) is 32.1. The largest absolute Gasteiger partial charge is 0.487 e. The van der Waals surface area contributed by atoms with E-state index in [1.807, 2.05) is 51.1 Å². The van der Waals surface area contributed by atoms with Crippen molar-refractivity contribution in [3.63, 3.8) is 0 Å². The number of halogens is 1. The molecule has 4 aromatic carbocycles. The van der Waals surface area contributed by atoms with Crippen LogP contribution >= 0.6 is 11.6 Å². The fraction of sp³-hybridized carbons (Fsp3) is 0.205. The first-order valence-corrected chi connectivity index (χ1v) is 19.1. The van der Waals surface area contributed by atoms with Gasteiger partial charge in [-0.1, -0.05) is 30.3 Å². The second-order valence-electron chi connectivity index (χ2n) is 15.0. The minimum Gasteiger partial charge on any atom is -0.487 e. The van der Waals surface area contributed by atoms with E-state index < -0.39 is 23.6 Å². The number of rotatable bonds is 9. The number of fused-ring (bicyclic) bond motifs is 5. The van der Waals surface area contributed by atoms with Crippen LogP contribution in [0, 0.1) is 0 Å². The lowest BCUT2D eigenvalue weighted by Crippen LogP contribution is -2.36. The van der Waals surface area contributed by atoms with E-state index in [1.165, 1.54) is 13.3 Å². The molecule has 0 fully saturated rings. The number of esters is 1. The molecule has 0 radical (unpaired) electrons. The van der Waals surface area contributed by atoms with Crippen molar-refractivity contribution >= 4 is 85.2 Å². The number of aromatic amines is 2. The van der Waals surface area contributed by atoms with Crippen molar-refractivity contribution < 1.29 is 33.4 Å². The van der Waals surface area contributed by atoms with Crippen molar-refractivity contribution in [3.05, 3.63) is 125 Å². The molecule has 8 rings (SSSR count). The molecular weight excluding hydrogens is 760 g/mol. The normalized spacial score (nSPS) is 13.7. The lowest BCUT2D eigenvalue weighted by molar-refractivity contribution is 0.0577. The third-order valence-electron chi connectivity index (χ3n) is 9.76. The smallest absolute Gasteiger partial charge is 0.414 e. The molecule has 0 unspecified atom stereocenters. The summed E-state index contributed by atoms with van der Waals surface area (Å²) in [6.07, 6.45) is 0.986. The number of methoxy groups -OCH3 is 1. The van der Waals surface area contributed by atoms with Gasteiger partial charge in [0.25, 0.3) is 11.8 Å². The van der Waals surface area contributed by atoms with E-state index >= 15 is 0 Å². The number of aromatic nitrogens is 3. The number of anilines is 3. The molecule has 0 aliphatic carbocycles. The summed E-state index contributed by atoms with van der Waals surface area (Å²) in [4.78, 5) is 65.0. The zero-order valence-corrected chi connectivity index (χ0v) is 32.8. The lowest BCUT2D eigenvalue weighted by atomic mass is 9.96. The number of hydrogen-bond donors (Lipinski definition) is 4. The van der Waals surface area contributed by atoms with Crippen LogP contribution in [0.15, 0.2) is 97.2 Å². The predicted octanol–water partition coefficient (Wildman–Crippen LogP) is 9.15. The maximum Gasteiger partial charge on any atom is 0.414 e. The summed E-state index contributed by atoms with van der Waals surface area (Å²) < 4.78 is 16.9. The van der Waals surface area contributed by atoms with E-state index in [0.717, 1.165) is 22.0 Å². The minimum absolute atomic E-state index is 0.221. The van der Waals surface area contributed by atoms with Crippen molar-refractivity contribution in [1.82, 2.24) is 15.0 Å². The number of hydrogen-bond acceptors (Lipinski definition) is 8. The summed E-state index contributed by atoms with van der Waals surface area (Å²) in [5.74, 6) is -0.852. The molecule has 4 N–H and O–H groups in total. The maximum absolute atomic E-state index is 13.8. The zero-order chi connectivity index (χ0) is 40.7. The molecule has 4 heterocycles. The monoisotopic (exact) mass is 798 g/mol. The van der Waals surface area contributed by atoms with Gasteiger partial charge in [0, 0.05) is 69.2 Å². The first-order chi connectivity index (χ1) is 27.9. The predicted molar refractivity (Wildman–Crippen MR) is 223 cm³/mol. The Hall–Kier alpha value is -6.86. The quantitative estimate of drug-likeness (QED) is 0.0829. The van der Waals surface area contributed by atoms with Crippen LogP contribution in [0.4, 0.5) is 21.9 Å². The number of benzene rings is 4. The number of ether oxygens (including phenoxy) is 3. The molecule has 3 amide bonds. The van der Waals surface area contributed by atoms with Gasteiger partial charge in [0.05, 0.1) is 18.4 Å². The van der Waals surface area contributed by atoms with E-state index in [2.05, 4.69) is 20.6 Å². The molecule has 0 spiro atoms.